The minimum atomic E-state index is -3.99. The molecule has 0 aliphatic rings. The Balaban J connectivity index is 1.86. The molecule has 1 aromatic heterocycles. The number of aromatic nitrogens is 1. The van der Waals surface area contributed by atoms with Crippen molar-refractivity contribution < 1.29 is 17.9 Å². The smallest absolute Gasteiger partial charge is 0.268 e. The lowest BCUT2D eigenvalue weighted by atomic mass is 10.2. The van der Waals surface area contributed by atoms with E-state index in [1.807, 2.05) is 35.9 Å². The van der Waals surface area contributed by atoms with Crippen molar-refractivity contribution in [3.63, 3.8) is 0 Å². The van der Waals surface area contributed by atoms with Crippen LogP contribution < -0.4 is 15.0 Å². The number of hydrogen-bond acceptors (Lipinski definition) is 4. The van der Waals surface area contributed by atoms with Crippen LogP contribution in [0.25, 0.3) is 10.9 Å². The summed E-state index contributed by atoms with van der Waals surface area (Å²) in [6, 6.07) is 12.2. The van der Waals surface area contributed by atoms with Gasteiger partial charge in [-0.2, -0.15) is 0 Å². The fraction of sp³-hybridized carbons (Fsp3) is 0.167. The number of aryl methyl sites for hydroxylation is 2. The quantitative estimate of drug-likeness (QED) is 0.671. The van der Waals surface area contributed by atoms with Gasteiger partial charge in [-0.05, 0) is 30.7 Å². The molecule has 0 unspecified atom stereocenters. The Bertz CT molecular complexity index is 1090. The predicted molar refractivity (Wildman–Crippen MR) is 98.4 cm³/mol. The molecule has 0 bridgehead atoms. The zero-order valence-electron chi connectivity index (χ0n) is 14.6. The number of methoxy groups -OCH3 is 1. The number of sulfonamides is 1. The lowest BCUT2D eigenvalue weighted by Crippen LogP contribution is -2.41. The lowest BCUT2D eigenvalue weighted by Gasteiger charge is -2.12. The molecule has 3 aromatic rings. The predicted octanol–water partition coefficient (Wildman–Crippen LogP) is 2.12. The molecule has 0 spiro atoms. The van der Waals surface area contributed by atoms with Gasteiger partial charge in [-0.15, -0.1) is 4.83 Å². The number of benzene rings is 2. The van der Waals surface area contributed by atoms with Crippen molar-refractivity contribution in [1.82, 2.24) is 14.8 Å². The van der Waals surface area contributed by atoms with Gasteiger partial charge in [0, 0.05) is 24.1 Å². The van der Waals surface area contributed by atoms with Gasteiger partial charge in [0.05, 0.1) is 12.7 Å². The summed E-state index contributed by atoms with van der Waals surface area (Å²) in [5.41, 5.74) is 4.28. The molecule has 0 radical (unpaired) electrons. The Hall–Kier alpha value is -2.84. The van der Waals surface area contributed by atoms with Crippen LogP contribution in [0.3, 0.4) is 0 Å². The van der Waals surface area contributed by atoms with Crippen LogP contribution in [0.4, 0.5) is 0 Å². The van der Waals surface area contributed by atoms with E-state index in [-0.39, 0.29) is 10.6 Å². The largest absolute Gasteiger partial charge is 0.495 e. The molecule has 1 heterocycles. The van der Waals surface area contributed by atoms with Crippen LogP contribution in [0.15, 0.2) is 53.6 Å². The minimum absolute atomic E-state index is 0.0433. The third-order valence-electron chi connectivity index (χ3n) is 4.05. The molecule has 0 atom stereocenters. The third-order valence-corrected chi connectivity index (χ3v) is 5.32. The molecule has 3 rings (SSSR count). The Morgan fingerprint density at radius 2 is 1.88 bits per heavy atom. The highest BCUT2D eigenvalue weighted by Gasteiger charge is 2.22. The Kier molecular flexibility index (Phi) is 4.71. The molecular formula is C18H19N3O4S. The van der Waals surface area contributed by atoms with Gasteiger partial charge >= 0.3 is 0 Å². The van der Waals surface area contributed by atoms with Crippen molar-refractivity contribution in [1.29, 1.82) is 0 Å². The average molecular weight is 373 g/mol. The SMILES string of the molecule is COc1ccc(C)cc1S(=O)(=O)NNC(=O)c1cn(C)c2ccccc12. The molecule has 136 valence electrons. The number of hydrazine groups is 1. The summed E-state index contributed by atoms with van der Waals surface area (Å²) in [6.07, 6.45) is 1.65. The van der Waals surface area contributed by atoms with Gasteiger partial charge in [-0.1, -0.05) is 24.3 Å². The number of nitrogens with one attached hydrogen (secondary N) is 2. The van der Waals surface area contributed by atoms with Crippen LogP contribution in [0.2, 0.25) is 0 Å². The highest BCUT2D eigenvalue weighted by Crippen LogP contribution is 2.24. The number of fused-ring (bicyclic) bond motifs is 1. The van der Waals surface area contributed by atoms with Crippen LogP contribution >= 0.6 is 0 Å². The molecule has 0 aliphatic carbocycles. The maximum Gasteiger partial charge on any atom is 0.268 e. The second-order valence-electron chi connectivity index (χ2n) is 5.88. The summed E-state index contributed by atoms with van der Waals surface area (Å²) in [7, 11) is -0.781. The van der Waals surface area contributed by atoms with E-state index >= 15 is 0 Å². The van der Waals surface area contributed by atoms with E-state index in [0.717, 1.165) is 16.5 Å². The Morgan fingerprint density at radius 3 is 2.62 bits per heavy atom. The molecule has 2 N–H and O–H groups in total. The van der Waals surface area contributed by atoms with Crippen molar-refractivity contribution >= 4 is 26.8 Å². The Morgan fingerprint density at radius 1 is 1.15 bits per heavy atom. The molecular weight excluding hydrogens is 354 g/mol. The number of nitrogens with zero attached hydrogens (tertiary/aromatic N) is 1. The molecule has 0 saturated carbocycles. The maximum absolute atomic E-state index is 12.6. The third kappa shape index (κ3) is 3.29. The second-order valence-corrected chi connectivity index (χ2v) is 7.54. The summed E-state index contributed by atoms with van der Waals surface area (Å²) < 4.78 is 32.0. The van der Waals surface area contributed by atoms with Gasteiger partial charge in [0.2, 0.25) is 0 Å². The normalized spacial score (nSPS) is 11.5. The molecule has 0 fully saturated rings. The second kappa shape index (κ2) is 6.81. The fourth-order valence-electron chi connectivity index (χ4n) is 2.75. The van der Waals surface area contributed by atoms with E-state index < -0.39 is 15.9 Å². The first-order chi connectivity index (χ1) is 12.3. The average Bonchev–Trinajstić information content (AvgIpc) is 2.97. The van der Waals surface area contributed by atoms with Crippen molar-refractivity contribution in [2.75, 3.05) is 7.11 Å². The van der Waals surface area contributed by atoms with Crippen molar-refractivity contribution in [2.45, 2.75) is 11.8 Å². The molecule has 7 nitrogen and oxygen atoms in total. The fourth-order valence-corrected chi connectivity index (χ4v) is 3.85. The van der Waals surface area contributed by atoms with Gasteiger partial charge in [0.25, 0.3) is 15.9 Å². The summed E-state index contributed by atoms with van der Waals surface area (Å²) in [6.45, 7) is 1.77. The van der Waals surface area contributed by atoms with Gasteiger partial charge in [-0.25, -0.2) is 8.42 Å². The number of carbonyl (C=O) groups is 1. The summed E-state index contributed by atoms with van der Waals surface area (Å²) in [5, 5.41) is 0.736. The maximum atomic E-state index is 12.6. The lowest BCUT2D eigenvalue weighted by molar-refractivity contribution is 0.0946. The number of amides is 1. The standard InChI is InChI=1S/C18H19N3O4S/c1-12-8-9-16(25-3)17(10-12)26(23,24)20-19-18(22)14-11-21(2)15-7-5-4-6-13(14)15/h4-11,20H,1-3H3,(H,19,22). The number of ether oxygens (including phenoxy) is 1. The van der Waals surface area contributed by atoms with E-state index in [4.69, 9.17) is 4.74 Å². The van der Waals surface area contributed by atoms with Gasteiger partial charge in [0.1, 0.15) is 10.6 Å². The van der Waals surface area contributed by atoms with Crippen LogP contribution in [0.1, 0.15) is 15.9 Å². The van der Waals surface area contributed by atoms with Crippen molar-refractivity contribution in [3.8, 4) is 5.75 Å². The summed E-state index contributed by atoms with van der Waals surface area (Å²) in [4.78, 5) is 14.6. The first kappa shape index (κ1) is 18.0. The summed E-state index contributed by atoms with van der Waals surface area (Å²) >= 11 is 0. The van der Waals surface area contributed by atoms with Crippen molar-refractivity contribution in [3.05, 3.63) is 59.8 Å². The van der Waals surface area contributed by atoms with E-state index in [9.17, 15) is 13.2 Å². The highest BCUT2D eigenvalue weighted by molar-refractivity contribution is 7.89. The Labute approximate surface area is 151 Å². The molecule has 26 heavy (non-hydrogen) atoms. The van der Waals surface area contributed by atoms with Gasteiger partial charge in [-0.3, -0.25) is 10.2 Å². The number of hydrogen-bond donors (Lipinski definition) is 2. The molecule has 2 aromatic carbocycles. The van der Waals surface area contributed by atoms with Crippen LogP contribution in [0, 0.1) is 6.92 Å². The molecule has 8 heteroatoms. The number of carbonyl (C=O) groups excluding carboxylic acids is 1. The zero-order valence-corrected chi connectivity index (χ0v) is 15.4. The van der Waals surface area contributed by atoms with Crippen LogP contribution in [-0.2, 0) is 17.1 Å². The van der Waals surface area contributed by atoms with Crippen LogP contribution in [-0.4, -0.2) is 26.0 Å². The van der Waals surface area contributed by atoms with E-state index in [1.54, 1.807) is 25.3 Å². The molecule has 1 amide bonds. The molecule has 0 aliphatic heterocycles. The van der Waals surface area contributed by atoms with Gasteiger partial charge in [0.15, 0.2) is 0 Å². The van der Waals surface area contributed by atoms with E-state index in [0.29, 0.717) is 5.56 Å². The van der Waals surface area contributed by atoms with E-state index in [1.165, 1.54) is 13.2 Å². The highest BCUT2D eigenvalue weighted by atomic mass is 32.2. The monoisotopic (exact) mass is 373 g/mol. The minimum Gasteiger partial charge on any atom is -0.495 e. The number of para-hydroxylation sites is 1. The van der Waals surface area contributed by atoms with Crippen molar-refractivity contribution in [2.24, 2.45) is 7.05 Å². The number of rotatable bonds is 5. The summed E-state index contributed by atoms with van der Waals surface area (Å²) in [5.74, 6) is -0.348. The topological polar surface area (TPSA) is 89.4 Å². The van der Waals surface area contributed by atoms with Gasteiger partial charge < -0.3 is 9.30 Å². The molecule has 0 saturated heterocycles. The first-order valence-electron chi connectivity index (χ1n) is 7.84. The zero-order chi connectivity index (χ0) is 18.9. The van der Waals surface area contributed by atoms with E-state index in [2.05, 4.69) is 10.3 Å². The first-order valence-corrected chi connectivity index (χ1v) is 9.32. The van der Waals surface area contributed by atoms with Crippen LogP contribution in [0.5, 0.6) is 5.75 Å².